The molecule has 0 spiro atoms. The van der Waals surface area contributed by atoms with E-state index < -0.39 is 0 Å². The van der Waals surface area contributed by atoms with Crippen LogP contribution < -0.4 is 5.32 Å². The lowest BCUT2D eigenvalue weighted by atomic mass is 9.93. The van der Waals surface area contributed by atoms with Gasteiger partial charge in [-0.1, -0.05) is 29.8 Å². The third kappa shape index (κ3) is 4.79. The average molecular weight is 431 g/mol. The molecule has 3 heterocycles. The highest BCUT2D eigenvalue weighted by Crippen LogP contribution is 2.23. The van der Waals surface area contributed by atoms with Gasteiger partial charge in [-0.25, -0.2) is 4.98 Å². The molecule has 0 aliphatic carbocycles. The van der Waals surface area contributed by atoms with Crippen molar-refractivity contribution >= 4 is 39.7 Å². The van der Waals surface area contributed by atoms with Crippen molar-refractivity contribution in [1.82, 2.24) is 19.6 Å². The van der Waals surface area contributed by atoms with Crippen LogP contribution in [0.25, 0.3) is 4.96 Å². The van der Waals surface area contributed by atoms with E-state index in [4.69, 9.17) is 11.6 Å². The molecule has 1 atom stereocenters. The van der Waals surface area contributed by atoms with Crippen molar-refractivity contribution in [2.24, 2.45) is 5.92 Å². The van der Waals surface area contributed by atoms with Gasteiger partial charge >= 0.3 is 0 Å². The van der Waals surface area contributed by atoms with Crippen molar-refractivity contribution in [3.8, 4) is 0 Å². The minimum atomic E-state index is -0.0197. The van der Waals surface area contributed by atoms with Crippen molar-refractivity contribution < 1.29 is 9.59 Å². The zero-order valence-electron chi connectivity index (χ0n) is 16.0. The summed E-state index contributed by atoms with van der Waals surface area (Å²) in [6.45, 7) is 1.87. The van der Waals surface area contributed by atoms with Gasteiger partial charge in [0.25, 0.3) is 5.91 Å². The summed E-state index contributed by atoms with van der Waals surface area (Å²) >= 11 is 7.64. The first kappa shape index (κ1) is 19.9. The number of rotatable bonds is 6. The van der Waals surface area contributed by atoms with Crippen molar-refractivity contribution in [3.63, 3.8) is 0 Å². The lowest BCUT2D eigenvalue weighted by Crippen LogP contribution is -2.40. The Labute approximate surface area is 178 Å². The van der Waals surface area contributed by atoms with Gasteiger partial charge in [-0.2, -0.15) is 0 Å². The standard InChI is InChI=1S/C21H23ClN4O2S/c22-17-6-2-1-5-16(17)12-23-19(27)8-7-15-4-3-9-25(13-15)20(28)18-14-26-10-11-29-21(26)24-18/h1-2,5-6,10-11,14-15H,3-4,7-9,12-13H2,(H,23,27). The molecule has 1 saturated heterocycles. The van der Waals surface area contributed by atoms with Crippen molar-refractivity contribution in [2.45, 2.75) is 32.2 Å². The van der Waals surface area contributed by atoms with Gasteiger partial charge in [0.15, 0.2) is 4.96 Å². The summed E-state index contributed by atoms with van der Waals surface area (Å²) in [6, 6.07) is 7.51. The maximum Gasteiger partial charge on any atom is 0.274 e. The zero-order chi connectivity index (χ0) is 20.2. The molecule has 152 valence electrons. The van der Waals surface area contributed by atoms with Crippen molar-refractivity contribution in [2.75, 3.05) is 13.1 Å². The molecule has 1 aliphatic rings. The van der Waals surface area contributed by atoms with Gasteiger partial charge in [0.2, 0.25) is 5.91 Å². The number of nitrogens with zero attached hydrogens (tertiary/aromatic N) is 3. The highest BCUT2D eigenvalue weighted by atomic mass is 35.5. The number of benzene rings is 1. The van der Waals surface area contributed by atoms with E-state index in [0.717, 1.165) is 36.3 Å². The second-order valence-corrected chi connectivity index (χ2v) is 8.67. The third-order valence-corrected chi connectivity index (χ3v) is 6.47. The predicted molar refractivity (Wildman–Crippen MR) is 114 cm³/mol. The van der Waals surface area contributed by atoms with E-state index in [-0.39, 0.29) is 11.8 Å². The number of piperidine rings is 1. The van der Waals surface area contributed by atoms with Gasteiger partial charge in [-0.05, 0) is 36.8 Å². The molecule has 2 amide bonds. The number of amides is 2. The third-order valence-electron chi connectivity index (χ3n) is 5.33. The predicted octanol–water partition coefficient (Wildman–Crippen LogP) is 4.00. The average Bonchev–Trinajstić information content (AvgIpc) is 3.34. The highest BCUT2D eigenvalue weighted by Gasteiger charge is 2.26. The molecule has 1 unspecified atom stereocenters. The lowest BCUT2D eigenvalue weighted by molar-refractivity contribution is -0.121. The number of hydrogen-bond donors (Lipinski definition) is 1. The normalized spacial score (nSPS) is 16.9. The summed E-state index contributed by atoms with van der Waals surface area (Å²) in [6.07, 6.45) is 6.93. The minimum Gasteiger partial charge on any atom is -0.352 e. The van der Waals surface area contributed by atoms with Crippen LogP contribution in [0.3, 0.4) is 0 Å². The van der Waals surface area contributed by atoms with Crippen LogP contribution in [-0.4, -0.2) is 39.2 Å². The molecule has 4 rings (SSSR count). The number of likely N-dealkylation sites (tertiary alicyclic amines) is 1. The van der Waals surface area contributed by atoms with E-state index in [1.165, 1.54) is 11.3 Å². The maximum atomic E-state index is 12.8. The van der Waals surface area contributed by atoms with Crippen LogP contribution in [0.2, 0.25) is 5.02 Å². The molecule has 3 aromatic rings. The van der Waals surface area contributed by atoms with Crippen LogP contribution in [0.15, 0.2) is 42.0 Å². The Morgan fingerprint density at radius 2 is 2.17 bits per heavy atom. The van der Waals surface area contributed by atoms with Crippen LogP contribution in [0.5, 0.6) is 0 Å². The number of hydrogen-bond acceptors (Lipinski definition) is 4. The summed E-state index contributed by atoms with van der Waals surface area (Å²) in [5.74, 6) is 0.332. The van der Waals surface area contributed by atoms with E-state index in [9.17, 15) is 9.59 Å². The van der Waals surface area contributed by atoms with Gasteiger partial charge in [0, 0.05) is 48.9 Å². The van der Waals surface area contributed by atoms with Crippen LogP contribution in [0.4, 0.5) is 0 Å². The number of fused-ring (bicyclic) bond motifs is 1. The Morgan fingerprint density at radius 1 is 1.31 bits per heavy atom. The molecule has 8 heteroatoms. The van der Waals surface area contributed by atoms with E-state index in [1.54, 1.807) is 6.20 Å². The number of aromatic nitrogens is 2. The van der Waals surface area contributed by atoms with E-state index in [0.29, 0.717) is 36.1 Å². The molecular formula is C21H23ClN4O2S. The summed E-state index contributed by atoms with van der Waals surface area (Å²) < 4.78 is 1.88. The van der Waals surface area contributed by atoms with E-state index in [2.05, 4.69) is 10.3 Å². The van der Waals surface area contributed by atoms with Crippen molar-refractivity contribution in [1.29, 1.82) is 0 Å². The molecule has 2 aromatic heterocycles. The van der Waals surface area contributed by atoms with E-state index >= 15 is 0 Å². The fraction of sp³-hybridized carbons (Fsp3) is 0.381. The van der Waals surface area contributed by atoms with Crippen LogP contribution in [-0.2, 0) is 11.3 Å². The Bertz CT molecular complexity index is 986. The van der Waals surface area contributed by atoms with Gasteiger partial charge in [-0.15, -0.1) is 11.3 Å². The smallest absolute Gasteiger partial charge is 0.274 e. The summed E-state index contributed by atoms with van der Waals surface area (Å²) in [4.78, 5) is 32.2. The second-order valence-electron chi connectivity index (χ2n) is 7.39. The first-order valence-corrected chi connectivity index (χ1v) is 11.1. The number of carbonyl (C=O) groups excluding carboxylic acids is 2. The first-order chi connectivity index (χ1) is 14.1. The van der Waals surface area contributed by atoms with Gasteiger partial charge in [0.1, 0.15) is 5.69 Å². The van der Waals surface area contributed by atoms with Crippen LogP contribution in [0.1, 0.15) is 41.7 Å². The van der Waals surface area contributed by atoms with E-state index in [1.807, 2.05) is 45.1 Å². The second kappa shape index (κ2) is 8.97. The molecule has 0 bridgehead atoms. The number of carbonyl (C=O) groups is 2. The maximum absolute atomic E-state index is 12.8. The fourth-order valence-corrected chi connectivity index (χ4v) is 4.64. The molecule has 1 fully saturated rings. The quantitative estimate of drug-likeness (QED) is 0.642. The Kier molecular flexibility index (Phi) is 6.16. The molecule has 1 N–H and O–H groups in total. The summed E-state index contributed by atoms with van der Waals surface area (Å²) in [7, 11) is 0. The molecule has 0 saturated carbocycles. The van der Waals surface area contributed by atoms with Crippen molar-refractivity contribution in [3.05, 3.63) is 58.3 Å². The van der Waals surface area contributed by atoms with Crippen LogP contribution >= 0.6 is 22.9 Å². The summed E-state index contributed by atoms with van der Waals surface area (Å²) in [5.41, 5.74) is 1.41. The molecule has 0 radical (unpaired) electrons. The largest absolute Gasteiger partial charge is 0.352 e. The Hall–Kier alpha value is -2.38. The molecule has 1 aliphatic heterocycles. The Balaban J connectivity index is 1.26. The highest BCUT2D eigenvalue weighted by molar-refractivity contribution is 7.15. The number of halogens is 1. The number of thiazole rings is 1. The minimum absolute atomic E-state index is 0.0164. The molecule has 1 aromatic carbocycles. The summed E-state index contributed by atoms with van der Waals surface area (Å²) in [5, 5.41) is 5.54. The SMILES string of the molecule is O=C(CCC1CCCN(C(=O)c2cn3ccsc3n2)C1)NCc1ccccc1Cl. The van der Waals surface area contributed by atoms with Gasteiger partial charge in [0.05, 0.1) is 0 Å². The van der Waals surface area contributed by atoms with Gasteiger partial charge in [-0.3, -0.25) is 14.0 Å². The molecule has 29 heavy (non-hydrogen) atoms. The number of nitrogens with one attached hydrogen (secondary N) is 1. The fourth-order valence-electron chi connectivity index (χ4n) is 3.74. The van der Waals surface area contributed by atoms with Gasteiger partial charge < -0.3 is 10.2 Å². The topological polar surface area (TPSA) is 66.7 Å². The monoisotopic (exact) mass is 430 g/mol. The number of imidazole rings is 1. The molecular weight excluding hydrogens is 408 g/mol. The van der Waals surface area contributed by atoms with Crippen LogP contribution in [0, 0.1) is 5.92 Å². The lowest BCUT2D eigenvalue weighted by Gasteiger charge is -2.32. The zero-order valence-corrected chi connectivity index (χ0v) is 17.6. The first-order valence-electron chi connectivity index (χ1n) is 9.82. The Morgan fingerprint density at radius 3 is 3.00 bits per heavy atom. The molecule has 6 nitrogen and oxygen atoms in total.